The van der Waals surface area contributed by atoms with Gasteiger partial charge in [-0.15, -0.1) is 11.3 Å². The molecule has 0 saturated heterocycles. The molecule has 0 atom stereocenters. The zero-order valence-electron chi connectivity index (χ0n) is 9.08. The smallest absolute Gasteiger partial charge is 0.363 e. The molecule has 0 unspecified atom stereocenters. The van der Waals surface area contributed by atoms with Crippen LogP contribution in [-0.4, -0.2) is 14.9 Å². The number of nitrogens with one attached hydrogen (secondary N) is 1. The van der Waals surface area contributed by atoms with Crippen molar-refractivity contribution in [1.82, 2.24) is 9.97 Å². The van der Waals surface area contributed by atoms with Gasteiger partial charge in [0.25, 0.3) is 0 Å². The quantitative estimate of drug-likeness (QED) is 0.665. The van der Waals surface area contributed by atoms with E-state index in [1.165, 1.54) is 12.3 Å². The highest BCUT2D eigenvalue weighted by atomic mass is 32.1. The summed E-state index contributed by atoms with van der Waals surface area (Å²) < 4.78 is 0. The molecule has 0 fully saturated rings. The molecule has 6 nitrogen and oxygen atoms in total. The molecular formula is C10H10N4O2S. The highest BCUT2D eigenvalue weighted by Gasteiger charge is 2.06. The van der Waals surface area contributed by atoms with Crippen molar-refractivity contribution in [2.45, 2.75) is 13.5 Å². The number of anilines is 1. The predicted molar refractivity (Wildman–Crippen MR) is 65.1 cm³/mol. The first-order valence-corrected chi connectivity index (χ1v) is 5.72. The van der Waals surface area contributed by atoms with Crippen molar-refractivity contribution in [1.29, 1.82) is 0 Å². The Morgan fingerprint density at radius 1 is 1.41 bits per heavy atom. The maximum absolute atomic E-state index is 10.4. The zero-order chi connectivity index (χ0) is 12.3. The summed E-state index contributed by atoms with van der Waals surface area (Å²) in [5, 5.41) is 14.5. The lowest BCUT2D eigenvalue weighted by Gasteiger charge is -2.01. The van der Waals surface area contributed by atoms with Crippen molar-refractivity contribution in [2.24, 2.45) is 0 Å². The summed E-state index contributed by atoms with van der Waals surface area (Å²) in [5.41, 5.74) is 0.739. The molecule has 2 rings (SSSR count). The number of aromatic nitrogens is 2. The normalized spacial score (nSPS) is 10.2. The van der Waals surface area contributed by atoms with Crippen LogP contribution >= 0.6 is 11.3 Å². The van der Waals surface area contributed by atoms with E-state index < -0.39 is 4.92 Å². The van der Waals surface area contributed by atoms with Gasteiger partial charge in [-0.25, -0.2) is 4.98 Å². The molecular weight excluding hydrogens is 240 g/mol. The summed E-state index contributed by atoms with van der Waals surface area (Å²) in [6.45, 7) is 2.59. The zero-order valence-corrected chi connectivity index (χ0v) is 9.90. The van der Waals surface area contributed by atoms with Crippen molar-refractivity contribution < 1.29 is 4.92 Å². The molecule has 88 valence electrons. The summed E-state index contributed by atoms with van der Waals surface area (Å²) in [6.07, 6.45) is 3.26. The average Bonchev–Trinajstić information content (AvgIpc) is 2.73. The van der Waals surface area contributed by atoms with Crippen LogP contribution in [0.25, 0.3) is 0 Å². The van der Waals surface area contributed by atoms with Crippen molar-refractivity contribution in [3.8, 4) is 0 Å². The number of thiazole rings is 1. The Morgan fingerprint density at radius 3 is 2.76 bits per heavy atom. The molecule has 0 aliphatic rings. The largest absolute Gasteiger partial charge is 0.375 e. The first kappa shape index (κ1) is 11.5. The van der Waals surface area contributed by atoms with E-state index in [0.717, 1.165) is 15.6 Å². The van der Waals surface area contributed by atoms with Crippen LogP contribution in [0, 0.1) is 17.0 Å². The monoisotopic (exact) mass is 250 g/mol. The second-order valence-electron chi connectivity index (χ2n) is 3.38. The van der Waals surface area contributed by atoms with Crippen LogP contribution in [0.1, 0.15) is 9.88 Å². The Morgan fingerprint density at radius 2 is 2.24 bits per heavy atom. The highest BCUT2D eigenvalue weighted by Crippen LogP contribution is 2.15. The van der Waals surface area contributed by atoms with Gasteiger partial charge in [-0.05, 0) is 22.9 Å². The molecule has 0 aliphatic heterocycles. The molecule has 0 aromatic carbocycles. The summed E-state index contributed by atoms with van der Waals surface area (Å²) >= 11 is 1.61. The van der Waals surface area contributed by atoms with E-state index in [0.29, 0.717) is 6.54 Å². The third-order valence-electron chi connectivity index (χ3n) is 2.05. The Kier molecular flexibility index (Phi) is 3.29. The Balaban J connectivity index is 1.97. The molecule has 7 heteroatoms. The number of pyridine rings is 1. The second kappa shape index (κ2) is 4.88. The van der Waals surface area contributed by atoms with Gasteiger partial charge in [0.2, 0.25) is 0 Å². The van der Waals surface area contributed by atoms with Gasteiger partial charge < -0.3 is 15.4 Å². The number of hydrogen-bond acceptors (Lipinski definition) is 6. The van der Waals surface area contributed by atoms with Crippen LogP contribution in [0.2, 0.25) is 0 Å². The Hall–Kier alpha value is -2.02. The minimum atomic E-state index is -0.520. The summed E-state index contributed by atoms with van der Waals surface area (Å²) in [6, 6.07) is 3.00. The minimum absolute atomic E-state index is 0.152. The third kappa shape index (κ3) is 2.97. The average molecular weight is 250 g/mol. The van der Waals surface area contributed by atoms with E-state index in [2.05, 4.69) is 15.3 Å². The molecule has 2 heterocycles. The molecule has 0 bridgehead atoms. The van der Waals surface area contributed by atoms with E-state index in [4.69, 9.17) is 0 Å². The van der Waals surface area contributed by atoms with Gasteiger partial charge in [-0.1, -0.05) is 0 Å². The minimum Gasteiger partial charge on any atom is -0.375 e. The highest BCUT2D eigenvalue weighted by molar-refractivity contribution is 7.11. The van der Waals surface area contributed by atoms with Gasteiger partial charge in [0, 0.05) is 17.1 Å². The summed E-state index contributed by atoms with van der Waals surface area (Å²) in [5.74, 6) is -0.152. The van der Waals surface area contributed by atoms with Crippen molar-refractivity contribution in [3.63, 3.8) is 0 Å². The number of rotatable bonds is 4. The van der Waals surface area contributed by atoms with Crippen LogP contribution in [0.5, 0.6) is 0 Å². The van der Waals surface area contributed by atoms with Gasteiger partial charge >= 0.3 is 5.82 Å². The van der Waals surface area contributed by atoms with E-state index in [1.54, 1.807) is 17.4 Å². The lowest BCUT2D eigenvalue weighted by molar-refractivity contribution is -0.389. The lowest BCUT2D eigenvalue weighted by Crippen LogP contribution is -2.00. The molecule has 2 aromatic heterocycles. The third-order valence-corrected chi connectivity index (χ3v) is 2.96. The van der Waals surface area contributed by atoms with E-state index in [9.17, 15) is 10.1 Å². The fourth-order valence-corrected chi connectivity index (χ4v) is 1.99. The lowest BCUT2D eigenvalue weighted by atomic mass is 10.4. The molecule has 17 heavy (non-hydrogen) atoms. The number of aryl methyl sites for hydroxylation is 1. The first-order valence-electron chi connectivity index (χ1n) is 4.91. The molecule has 0 saturated carbocycles. The topological polar surface area (TPSA) is 81.0 Å². The standard InChI is InChI=1S/C10H10N4O2S/c1-7-4-13-10(17-7)6-11-8-2-3-9(12-5-8)14(15)16/h2-5,11H,6H2,1H3. The van der Waals surface area contributed by atoms with Crippen LogP contribution in [0.4, 0.5) is 11.5 Å². The van der Waals surface area contributed by atoms with Crippen LogP contribution in [0.15, 0.2) is 24.5 Å². The van der Waals surface area contributed by atoms with Crippen molar-refractivity contribution in [2.75, 3.05) is 5.32 Å². The molecule has 0 amide bonds. The molecule has 0 radical (unpaired) electrons. The van der Waals surface area contributed by atoms with Gasteiger partial charge in [0.05, 0.1) is 12.2 Å². The number of nitrogens with zero attached hydrogens (tertiary/aromatic N) is 3. The maximum atomic E-state index is 10.4. The van der Waals surface area contributed by atoms with Crippen LogP contribution in [0.3, 0.4) is 0 Å². The summed E-state index contributed by atoms with van der Waals surface area (Å²) in [7, 11) is 0. The SMILES string of the molecule is Cc1cnc(CNc2ccc([N+](=O)[O-])nc2)s1. The van der Waals surface area contributed by atoms with E-state index >= 15 is 0 Å². The van der Waals surface area contributed by atoms with E-state index in [1.807, 2.05) is 13.1 Å². The van der Waals surface area contributed by atoms with Crippen LogP contribution < -0.4 is 5.32 Å². The Labute approximate surface area is 102 Å². The van der Waals surface area contributed by atoms with Crippen LogP contribution in [-0.2, 0) is 6.54 Å². The van der Waals surface area contributed by atoms with Gasteiger partial charge in [-0.3, -0.25) is 0 Å². The summed E-state index contributed by atoms with van der Waals surface area (Å²) in [4.78, 5) is 19.0. The molecule has 2 aromatic rings. The molecule has 1 N–H and O–H groups in total. The van der Waals surface area contributed by atoms with Gasteiger partial charge in [-0.2, -0.15) is 0 Å². The molecule has 0 spiro atoms. The fourth-order valence-electron chi connectivity index (χ4n) is 1.26. The van der Waals surface area contributed by atoms with Crippen molar-refractivity contribution >= 4 is 22.8 Å². The Bertz CT molecular complexity index is 523. The van der Waals surface area contributed by atoms with Crippen molar-refractivity contribution in [3.05, 3.63) is 44.5 Å². The van der Waals surface area contributed by atoms with E-state index in [-0.39, 0.29) is 5.82 Å². The van der Waals surface area contributed by atoms with Gasteiger partial charge in [0.15, 0.2) is 6.20 Å². The first-order chi connectivity index (χ1) is 8.15. The van der Waals surface area contributed by atoms with Gasteiger partial charge in [0.1, 0.15) is 5.01 Å². The predicted octanol–water partition coefficient (Wildman–Crippen LogP) is 2.37. The maximum Gasteiger partial charge on any atom is 0.363 e. The second-order valence-corrected chi connectivity index (χ2v) is 4.70. The molecule has 0 aliphatic carbocycles. The number of hydrogen-bond donors (Lipinski definition) is 1. The fraction of sp³-hybridized carbons (Fsp3) is 0.200. The number of nitro groups is 1.